The highest BCUT2D eigenvalue weighted by Crippen LogP contribution is 2.37. The number of urea groups is 1. The Bertz CT molecular complexity index is 742. The molecule has 5 heteroatoms. The van der Waals surface area contributed by atoms with Crippen molar-refractivity contribution in [3.63, 3.8) is 0 Å². The molecule has 25 heavy (non-hydrogen) atoms. The molecule has 1 saturated heterocycles. The normalized spacial score (nSPS) is 21.4. The third-order valence-corrected chi connectivity index (χ3v) is 4.84. The van der Waals surface area contributed by atoms with Gasteiger partial charge in [0.15, 0.2) is 5.79 Å². The summed E-state index contributed by atoms with van der Waals surface area (Å²) in [6.45, 7) is 1.28. The van der Waals surface area contributed by atoms with Crippen LogP contribution in [0.25, 0.3) is 11.1 Å². The van der Waals surface area contributed by atoms with E-state index in [4.69, 9.17) is 9.47 Å². The molecule has 2 aliphatic rings. The highest BCUT2D eigenvalue weighted by molar-refractivity contribution is 5.94. The van der Waals surface area contributed by atoms with Crippen LogP contribution in [0.1, 0.15) is 19.3 Å². The van der Waals surface area contributed by atoms with Crippen molar-refractivity contribution in [1.29, 1.82) is 0 Å². The number of nitrogens with one attached hydrogen (secondary N) is 2. The van der Waals surface area contributed by atoms with Gasteiger partial charge >= 0.3 is 6.03 Å². The fourth-order valence-electron chi connectivity index (χ4n) is 3.66. The van der Waals surface area contributed by atoms with E-state index >= 15 is 0 Å². The van der Waals surface area contributed by atoms with E-state index in [9.17, 15) is 4.79 Å². The zero-order chi connectivity index (χ0) is 17.1. The van der Waals surface area contributed by atoms with Gasteiger partial charge in [0.2, 0.25) is 0 Å². The van der Waals surface area contributed by atoms with Crippen molar-refractivity contribution in [2.75, 3.05) is 18.5 Å². The van der Waals surface area contributed by atoms with Crippen LogP contribution >= 0.6 is 0 Å². The Morgan fingerprint density at radius 2 is 1.72 bits per heavy atom. The Kier molecular flexibility index (Phi) is 4.42. The van der Waals surface area contributed by atoms with Gasteiger partial charge in [-0.2, -0.15) is 0 Å². The third-order valence-electron chi connectivity index (χ3n) is 4.84. The fraction of sp³-hybridized carbons (Fsp3) is 0.350. The van der Waals surface area contributed by atoms with E-state index in [2.05, 4.69) is 10.6 Å². The summed E-state index contributed by atoms with van der Waals surface area (Å²) in [4.78, 5) is 12.5. The molecule has 2 aromatic carbocycles. The predicted octanol–water partition coefficient (Wildman–Crippen LogP) is 3.77. The number of para-hydroxylation sites is 1. The van der Waals surface area contributed by atoms with E-state index in [0.29, 0.717) is 19.6 Å². The molecular formula is C20H22N2O3. The van der Waals surface area contributed by atoms with Crippen molar-refractivity contribution in [3.05, 3.63) is 54.6 Å². The van der Waals surface area contributed by atoms with Crippen LogP contribution in [0.4, 0.5) is 10.5 Å². The van der Waals surface area contributed by atoms with Crippen LogP contribution in [0.15, 0.2) is 54.6 Å². The first-order valence-corrected chi connectivity index (χ1v) is 8.74. The van der Waals surface area contributed by atoms with Crippen LogP contribution in [-0.4, -0.2) is 31.1 Å². The second-order valence-corrected chi connectivity index (χ2v) is 6.56. The highest BCUT2D eigenvalue weighted by Gasteiger charge is 2.44. The minimum Gasteiger partial charge on any atom is -0.347 e. The first kappa shape index (κ1) is 16.1. The molecule has 4 rings (SSSR count). The molecule has 1 saturated carbocycles. The van der Waals surface area contributed by atoms with Gasteiger partial charge in [-0.3, -0.25) is 0 Å². The number of hydrogen-bond donors (Lipinski definition) is 2. The molecule has 1 spiro atoms. The second-order valence-electron chi connectivity index (χ2n) is 6.56. The lowest BCUT2D eigenvalue weighted by atomic mass is 10.0. The maximum Gasteiger partial charge on any atom is 0.319 e. The maximum atomic E-state index is 12.5. The molecule has 0 aromatic heterocycles. The Hall–Kier alpha value is -2.37. The number of carbonyl (C=O) groups excluding carboxylic acids is 1. The topological polar surface area (TPSA) is 59.6 Å². The Labute approximate surface area is 147 Å². The second kappa shape index (κ2) is 6.86. The zero-order valence-electron chi connectivity index (χ0n) is 14.0. The molecule has 1 aliphatic carbocycles. The van der Waals surface area contributed by atoms with Crippen molar-refractivity contribution in [2.45, 2.75) is 31.1 Å². The summed E-state index contributed by atoms with van der Waals surface area (Å²) in [7, 11) is 0. The summed E-state index contributed by atoms with van der Waals surface area (Å²) in [5.74, 6) is -0.472. The van der Waals surface area contributed by atoms with Crippen LogP contribution in [0.2, 0.25) is 0 Å². The first-order valence-electron chi connectivity index (χ1n) is 8.74. The maximum absolute atomic E-state index is 12.5. The number of rotatable bonds is 3. The van der Waals surface area contributed by atoms with E-state index in [0.717, 1.165) is 29.7 Å². The SMILES string of the molecule is O=C(Nc1ccccc1-c1ccccc1)NC1CCC2(C1)OCCO2. The number of hydrogen-bond acceptors (Lipinski definition) is 3. The van der Waals surface area contributed by atoms with Gasteiger partial charge in [0.05, 0.1) is 18.9 Å². The average Bonchev–Trinajstić information content (AvgIpc) is 3.26. The molecule has 2 aromatic rings. The average molecular weight is 338 g/mol. The first-order chi connectivity index (χ1) is 12.2. The standard InChI is InChI=1S/C20H22N2O3/c23-19(21-16-10-11-20(14-16)24-12-13-25-20)22-18-9-5-4-8-17(18)15-6-2-1-3-7-15/h1-9,16H,10-14H2,(H2,21,22,23). The van der Waals surface area contributed by atoms with Crippen molar-refractivity contribution < 1.29 is 14.3 Å². The number of amides is 2. The molecule has 2 amide bonds. The smallest absolute Gasteiger partial charge is 0.319 e. The number of carbonyl (C=O) groups is 1. The molecule has 130 valence electrons. The van der Waals surface area contributed by atoms with Crippen molar-refractivity contribution in [3.8, 4) is 11.1 Å². The largest absolute Gasteiger partial charge is 0.347 e. The lowest BCUT2D eigenvalue weighted by Gasteiger charge is -2.22. The van der Waals surface area contributed by atoms with Gasteiger partial charge < -0.3 is 20.1 Å². The highest BCUT2D eigenvalue weighted by atomic mass is 16.7. The van der Waals surface area contributed by atoms with Gasteiger partial charge in [0.1, 0.15) is 0 Å². The van der Waals surface area contributed by atoms with Gasteiger partial charge in [0.25, 0.3) is 0 Å². The monoisotopic (exact) mass is 338 g/mol. The molecule has 1 atom stereocenters. The molecule has 0 bridgehead atoms. The minimum atomic E-state index is -0.472. The van der Waals surface area contributed by atoms with Crippen LogP contribution in [0.3, 0.4) is 0 Å². The van der Waals surface area contributed by atoms with E-state index in [-0.39, 0.29) is 12.1 Å². The summed E-state index contributed by atoms with van der Waals surface area (Å²) in [6, 6.07) is 17.7. The Morgan fingerprint density at radius 1 is 1.00 bits per heavy atom. The van der Waals surface area contributed by atoms with Crippen molar-refractivity contribution in [2.24, 2.45) is 0 Å². The molecule has 1 aliphatic heterocycles. The molecule has 2 fully saturated rings. The van der Waals surface area contributed by atoms with Crippen molar-refractivity contribution >= 4 is 11.7 Å². The van der Waals surface area contributed by atoms with Crippen LogP contribution in [-0.2, 0) is 9.47 Å². The van der Waals surface area contributed by atoms with Crippen LogP contribution in [0.5, 0.6) is 0 Å². The minimum absolute atomic E-state index is 0.0713. The lowest BCUT2D eigenvalue weighted by Crippen LogP contribution is -2.38. The predicted molar refractivity (Wildman–Crippen MR) is 96.3 cm³/mol. The van der Waals surface area contributed by atoms with E-state index in [1.165, 1.54) is 0 Å². The number of ether oxygens (including phenoxy) is 2. The molecule has 1 heterocycles. The molecule has 1 unspecified atom stereocenters. The van der Waals surface area contributed by atoms with Gasteiger partial charge in [-0.05, 0) is 18.1 Å². The number of anilines is 1. The summed E-state index contributed by atoms with van der Waals surface area (Å²) in [5, 5.41) is 6.03. The number of benzene rings is 2. The van der Waals surface area contributed by atoms with Crippen LogP contribution < -0.4 is 10.6 Å². The fourth-order valence-corrected chi connectivity index (χ4v) is 3.66. The summed E-state index contributed by atoms with van der Waals surface area (Å²) in [5.41, 5.74) is 2.88. The Morgan fingerprint density at radius 3 is 2.52 bits per heavy atom. The summed E-state index contributed by atoms with van der Waals surface area (Å²) >= 11 is 0. The van der Waals surface area contributed by atoms with Crippen LogP contribution in [0, 0.1) is 0 Å². The lowest BCUT2D eigenvalue weighted by molar-refractivity contribution is -0.151. The van der Waals surface area contributed by atoms with Gasteiger partial charge in [-0.1, -0.05) is 48.5 Å². The van der Waals surface area contributed by atoms with Gasteiger partial charge in [-0.15, -0.1) is 0 Å². The summed E-state index contributed by atoms with van der Waals surface area (Å²) in [6.07, 6.45) is 2.41. The molecule has 2 N–H and O–H groups in total. The molecular weight excluding hydrogens is 316 g/mol. The van der Waals surface area contributed by atoms with Gasteiger partial charge in [0, 0.05) is 24.4 Å². The van der Waals surface area contributed by atoms with E-state index in [1.54, 1.807) is 0 Å². The third kappa shape index (κ3) is 3.52. The van der Waals surface area contributed by atoms with Gasteiger partial charge in [-0.25, -0.2) is 4.79 Å². The summed E-state index contributed by atoms with van der Waals surface area (Å²) < 4.78 is 11.4. The van der Waals surface area contributed by atoms with E-state index < -0.39 is 5.79 Å². The quantitative estimate of drug-likeness (QED) is 0.895. The van der Waals surface area contributed by atoms with E-state index in [1.807, 2.05) is 54.6 Å². The zero-order valence-corrected chi connectivity index (χ0v) is 14.0. The van der Waals surface area contributed by atoms with Crippen molar-refractivity contribution in [1.82, 2.24) is 5.32 Å². The molecule has 0 radical (unpaired) electrons. The molecule has 5 nitrogen and oxygen atoms in total. The Balaban J connectivity index is 1.42.